The smallest absolute Gasteiger partial charge is 0.332 e. The SMILES string of the molecule is CC(C)(CO)CO[B]c1ccccc1N. The van der Waals surface area contributed by atoms with Gasteiger partial charge in [0.2, 0.25) is 0 Å². The van der Waals surface area contributed by atoms with Crippen molar-refractivity contribution in [2.45, 2.75) is 13.8 Å². The summed E-state index contributed by atoms with van der Waals surface area (Å²) in [6.07, 6.45) is 0. The first-order chi connectivity index (χ1) is 7.05. The van der Waals surface area contributed by atoms with Crippen LogP contribution in [0.1, 0.15) is 13.8 Å². The van der Waals surface area contributed by atoms with Gasteiger partial charge in [0, 0.05) is 17.7 Å². The molecule has 1 aromatic rings. The van der Waals surface area contributed by atoms with Crippen LogP contribution in [0.15, 0.2) is 24.3 Å². The van der Waals surface area contributed by atoms with Gasteiger partial charge in [-0.2, -0.15) is 0 Å². The molecule has 0 aliphatic carbocycles. The topological polar surface area (TPSA) is 55.5 Å². The minimum Gasteiger partial charge on any atom is -0.433 e. The van der Waals surface area contributed by atoms with E-state index in [4.69, 9.17) is 15.5 Å². The van der Waals surface area contributed by atoms with Gasteiger partial charge in [0.1, 0.15) is 0 Å². The van der Waals surface area contributed by atoms with E-state index in [0.29, 0.717) is 12.3 Å². The number of nitrogen functional groups attached to an aromatic ring is 1. The number of nitrogens with two attached hydrogens (primary N) is 1. The fraction of sp³-hybridized carbons (Fsp3) is 0.455. The van der Waals surface area contributed by atoms with Crippen molar-refractivity contribution in [2.24, 2.45) is 5.41 Å². The van der Waals surface area contributed by atoms with Crippen LogP contribution >= 0.6 is 0 Å². The summed E-state index contributed by atoms with van der Waals surface area (Å²) in [5, 5.41) is 9.03. The predicted molar refractivity (Wildman–Crippen MR) is 63.1 cm³/mol. The molecule has 0 spiro atoms. The van der Waals surface area contributed by atoms with E-state index in [-0.39, 0.29) is 12.0 Å². The van der Waals surface area contributed by atoms with Crippen LogP contribution in [-0.2, 0) is 4.65 Å². The van der Waals surface area contributed by atoms with E-state index < -0.39 is 0 Å². The van der Waals surface area contributed by atoms with Crippen LogP contribution in [0.3, 0.4) is 0 Å². The van der Waals surface area contributed by atoms with Crippen molar-refractivity contribution in [1.29, 1.82) is 0 Å². The summed E-state index contributed by atoms with van der Waals surface area (Å²) in [6, 6.07) is 7.50. The highest BCUT2D eigenvalue weighted by atomic mass is 16.4. The third-order valence-corrected chi connectivity index (χ3v) is 2.11. The van der Waals surface area contributed by atoms with Crippen molar-refractivity contribution in [1.82, 2.24) is 0 Å². The van der Waals surface area contributed by atoms with Gasteiger partial charge < -0.3 is 15.5 Å². The molecule has 3 N–H and O–H groups in total. The molecule has 0 fully saturated rings. The number of benzene rings is 1. The lowest BCUT2D eigenvalue weighted by molar-refractivity contribution is 0.101. The van der Waals surface area contributed by atoms with E-state index in [9.17, 15) is 0 Å². The first kappa shape index (κ1) is 12.1. The van der Waals surface area contributed by atoms with Gasteiger partial charge in [0.25, 0.3) is 0 Å². The average molecular weight is 206 g/mol. The van der Waals surface area contributed by atoms with Gasteiger partial charge in [-0.25, -0.2) is 0 Å². The Kier molecular flexibility index (Phi) is 4.18. The van der Waals surface area contributed by atoms with Crippen molar-refractivity contribution in [3.8, 4) is 0 Å². The number of rotatable bonds is 5. The summed E-state index contributed by atoms with van der Waals surface area (Å²) >= 11 is 0. The zero-order valence-electron chi connectivity index (χ0n) is 9.23. The molecule has 0 bridgehead atoms. The molecule has 1 rings (SSSR count). The van der Waals surface area contributed by atoms with Crippen LogP contribution in [0.4, 0.5) is 5.69 Å². The number of hydrogen-bond donors (Lipinski definition) is 2. The van der Waals surface area contributed by atoms with Crippen molar-refractivity contribution < 1.29 is 9.76 Å². The minimum absolute atomic E-state index is 0.102. The lowest BCUT2D eigenvalue weighted by atomic mass is 9.85. The van der Waals surface area contributed by atoms with E-state index in [1.165, 1.54) is 0 Å². The highest BCUT2D eigenvalue weighted by molar-refractivity contribution is 6.49. The average Bonchev–Trinajstić information content (AvgIpc) is 2.21. The third-order valence-electron chi connectivity index (χ3n) is 2.11. The molecule has 0 saturated carbocycles. The van der Waals surface area contributed by atoms with Gasteiger partial charge in [-0.3, -0.25) is 0 Å². The monoisotopic (exact) mass is 206 g/mol. The standard InChI is InChI=1S/C11H17BNO2/c1-11(2,7-14)8-15-12-9-5-3-4-6-10(9)13/h3-6,14H,7-8,13H2,1-2H3. The third kappa shape index (κ3) is 3.94. The Bertz CT molecular complexity index is 315. The van der Waals surface area contributed by atoms with E-state index in [1.54, 1.807) is 7.48 Å². The molecule has 0 amide bonds. The summed E-state index contributed by atoms with van der Waals surface area (Å²) in [4.78, 5) is 0. The quantitative estimate of drug-likeness (QED) is 0.546. The van der Waals surface area contributed by atoms with Gasteiger partial charge in [-0.15, -0.1) is 0 Å². The molecule has 0 heterocycles. The van der Waals surface area contributed by atoms with Gasteiger partial charge in [-0.1, -0.05) is 32.0 Å². The molecule has 1 radical (unpaired) electrons. The Morgan fingerprint density at radius 3 is 2.67 bits per heavy atom. The Morgan fingerprint density at radius 1 is 1.40 bits per heavy atom. The number of hydrogen-bond acceptors (Lipinski definition) is 3. The van der Waals surface area contributed by atoms with Crippen LogP contribution < -0.4 is 11.2 Å². The Labute approximate surface area is 91.5 Å². The first-order valence-electron chi connectivity index (χ1n) is 4.95. The molecule has 4 heteroatoms. The molecule has 0 aliphatic heterocycles. The molecule has 3 nitrogen and oxygen atoms in total. The van der Waals surface area contributed by atoms with E-state index in [1.807, 2.05) is 38.1 Å². The molecule has 0 atom stereocenters. The number of anilines is 1. The highest BCUT2D eigenvalue weighted by Crippen LogP contribution is 2.13. The molecular weight excluding hydrogens is 189 g/mol. The maximum Gasteiger partial charge on any atom is 0.332 e. The summed E-state index contributed by atoms with van der Waals surface area (Å²) in [5.41, 5.74) is 7.08. The first-order valence-corrected chi connectivity index (χ1v) is 4.95. The van der Waals surface area contributed by atoms with Crippen molar-refractivity contribution in [2.75, 3.05) is 18.9 Å². The van der Waals surface area contributed by atoms with E-state index in [2.05, 4.69) is 0 Å². The molecule has 0 aromatic heterocycles. The van der Waals surface area contributed by atoms with Crippen LogP contribution in [0.2, 0.25) is 0 Å². The second-order valence-corrected chi connectivity index (χ2v) is 4.38. The largest absolute Gasteiger partial charge is 0.433 e. The van der Waals surface area contributed by atoms with Crippen LogP contribution in [-0.4, -0.2) is 25.8 Å². The number of aliphatic hydroxyl groups excluding tert-OH is 1. The van der Waals surface area contributed by atoms with Crippen LogP contribution in [0.25, 0.3) is 0 Å². The van der Waals surface area contributed by atoms with Gasteiger partial charge in [0.15, 0.2) is 0 Å². The number of para-hydroxylation sites is 1. The molecular formula is C11H17BNO2. The summed E-state index contributed by atoms with van der Waals surface area (Å²) < 4.78 is 5.39. The van der Waals surface area contributed by atoms with Crippen LogP contribution in [0.5, 0.6) is 0 Å². The Balaban J connectivity index is 2.42. The van der Waals surface area contributed by atoms with Crippen molar-refractivity contribution in [3.63, 3.8) is 0 Å². The molecule has 0 saturated heterocycles. The van der Waals surface area contributed by atoms with Crippen molar-refractivity contribution >= 4 is 18.6 Å². The highest BCUT2D eigenvalue weighted by Gasteiger charge is 2.16. The maximum absolute atomic E-state index is 9.03. The minimum atomic E-state index is -0.222. The fourth-order valence-corrected chi connectivity index (χ4v) is 1.02. The van der Waals surface area contributed by atoms with E-state index in [0.717, 1.165) is 5.46 Å². The second kappa shape index (κ2) is 5.19. The van der Waals surface area contributed by atoms with Crippen LogP contribution in [0, 0.1) is 5.41 Å². The zero-order chi connectivity index (χ0) is 11.3. The summed E-state index contributed by atoms with van der Waals surface area (Å²) in [7, 11) is 1.63. The summed E-state index contributed by atoms with van der Waals surface area (Å²) in [6.45, 7) is 4.45. The molecule has 0 aliphatic rings. The molecule has 81 valence electrons. The Morgan fingerprint density at radius 2 is 2.07 bits per heavy atom. The van der Waals surface area contributed by atoms with Gasteiger partial charge in [-0.05, 0) is 11.5 Å². The van der Waals surface area contributed by atoms with Crippen molar-refractivity contribution in [3.05, 3.63) is 24.3 Å². The lowest BCUT2D eigenvalue weighted by Crippen LogP contribution is -2.29. The fourth-order valence-electron chi connectivity index (χ4n) is 1.02. The van der Waals surface area contributed by atoms with Gasteiger partial charge >= 0.3 is 7.48 Å². The molecule has 15 heavy (non-hydrogen) atoms. The number of aliphatic hydroxyl groups is 1. The normalized spacial score (nSPS) is 11.4. The van der Waals surface area contributed by atoms with Gasteiger partial charge in [0.05, 0.1) is 6.61 Å². The summed E-state index contributed by atoms with van der Waals surface area (Å²) in [5.74, 6) is 0. The molecule has 0 unspecified atom stereocenters. The Hall–Kier alpha value is -0.995. The maximum atomic E-state index is 9.03. The second-order valence-electron chi connectivity index (χ2n) is 4.38. The lowest BCUT2D eigenvalue weighted by Gasteiger charge is -2.21. The van der Waals surface area contributed by atoms with E-state index >= 15 is 0 Å². The zero-order valence-corrected chi connectivity index (χ0v) is 9.23. The predicted octanol–water partition coefficient (Wildman–Crippen LogP) is 0.548. The molecule has 1 aromatic carbocycles.